The molecule has 12 heavy (non-hydrogen) atoms. The third-order valence-electron chi connectivity index (χ3n) is 2.53. The molecule has 0 bridgehead atoms. The lowest BCUT2D eigenvalue weighted by Crippen LogP contribution is -2.47. The smallest absolute Gasteiger partial charge is 0.0588 e. The Bertz CT molecular complexity index is 111. The minimum atomic E-state index is 0.0448. The van der Waals surface area contributed by atoms with Gasteiger partial charge in [-0.15, -0.1) is 0 Å². The summed E-state index contributed by atoms with van der Waals surface area (Å²) >= 11 is 0. The molecular weight excluding hydrogens is 164 g/mol. The summed E-state index contributed by atoms with van der Waals surface area (Å²) in [4.78, 5) is 0. The summed E-state index contributed by atoms with van der Waals surface area (Å²) in [6.45, 7) is 7.01. The highest BCUT2D eigenvalue weighted by atomic mass is 28.2. The predicted octanol–water partition coefficient (Wildman–Crippen LogP) is 0.947. The van der Waals surface area contributed by atoms with Crippen LogP contribution < -0.4 is 10.6 Å². The Hall–Kier alpha value is 0.137. The van der Waals surface area contributed by atoms with Crippen LogP contribution in [0.3, 0.4) is 0 Å². The Kier molecular flexibility index (Phi) is 5.79. The van der Waals surface area contributed by atoms with E-state index in [2.05, 4.69) is 31.4 Å². The first-order chi connectivity index (χ1) is 5.58. The monoisotopic (exact) mass is 188 g/mol. The fourth-order valence-electron chi connectivity index (χ4n) is 1.70. The molecule has 74 valence electrons. The molecule has 0 radical (unpaired) electrons. The second kappa shape index (κ2) is 5.73. The molecule has 0 spiro atoms. The van der Waals surface area contributed by atoms with Gasteiger partial charge in [0.25, 0.3) is 0 Å². The van der Waals surface area contributed by atoms with Crippen molar-refractivity contribution in [3.05, 3.63) is 0 Å². The van der Waals surface area contributed by atoms with E-state index in [1.807, 2.05) is 14.1 Å². The maximum absolute atomic E-state index is 3.32. The van der Waals surface area contributed by atoms with Crippen LogP contribution in [-0.2, 0) is 0 Å². The molecule has 0 heterocycles. The standard InChI is InChI=1S/C9H24N2Si/c1-6-7-12-9(2,3)8(10-4)11-5/h8,10-11H,6-7,12H2,1-5H3. The second-order valence-electron chi connectivity index (χ2n) is 4.10. The molecule has 3 heteroatoms. The first-order valence-electron chi connectivity index (χ1n) is 4.93. The highest BCUT2D eigenvalue weighted by Crippen LogP contribution is 2.27. The molecule has 0 atom stereocenters. The van der Waals surface area contributed by atoms with Crippen molar-refractivity contribution in [2.75, 3.05) is 14.1 Å². The summed E-state index contributed by atoms with van der Waals surface area (Å²) in [5, 5.41) is 7.13. The van der Waals surface area contributed by atoms with Crippen LogP contribution in [-0.4, -0.2) is 29.8 Å². The van der Waals surface area contributed by atoms with Gasteiger partial charge in [-0.1, -0.05) is 33.2 Å². The van der Waals surface area contributed by atoms with Crippen molar-refractivity contribution in [2.24, 2.45) is 0 Å². The summed E-state index contributed by atoms with van der Waals surface area (Å²) in [5.74, 6) is 0. The van der Waals surface area contributed by atoms with E-state index in [9.17, 15) is 0 Å². The zero-order valence-corrected chi connectivity index (χ0v) is 10.6. The minimum absolute atomic E-state index is 0.0448. The average Bonchev–Trinajstić information content (AvgIpc) is 2.03. The molecule has 0 aliphatic carbocycles. The van der Waals surface area contributed by atoms with Gasteiger partial charge in [0.15, 0.2) is 0 Å². The molecule has 2 nitrogen and oxygen atoms in total. The fourth-order valence-corrected chi connectivity index (χ4v) is 3.66. The van der Waals surface area contributed by atoms with Gasteiger partial charge in [-0.25, -0.2) is 0 Å². The van der Waals surface area contributed by atoms with E-state index in [0.29, 0.717) is 11.2 Å². The van der Waals surface area contributed by atoms with Gasteiger partial charge in [-0.2, -0.15) is 0 Å². The number of hydrogen-bond donors (Lipinski definition) is 2. The van der Waals surface area contributed by atoms with E-state index in [4.69, 9.17) is 0 Å². The first kappa shape index (κ1) is 12.1. The molecule has 0 aromatic rings. The Morgan fingerprint density at radius 1 is 1.25 bits per heavy atom. The van der Waals surface area contributed by atoms with Crippen molar-refractivity contribution >= 4 is 9.52 Å². The number of hydrogen-bond acceptors (Lipinski definition) is 2. The largest absolute Gasteiger partial charge is 0.305 e. The SMILES string of the molecule is CCC[SiH2]C(C)(C)C(NC)NC. The first-order valence-corrected chi connectivity index (χ1v) is 6.63. The molecule has 0 fully saturated rings. The van der Waals surface area contributed by atoms with Gasteiger partial charge in [0.1, 0.15) is 0 Å². The summed E-state index contributed by atoms with van der Waals surface area (Å²) < 4.78 is 0. The predicted molar refractivity (Wildman–Crippen MR) is 59.6 cm³/mol. The third-order valence-corrected chi connectivity index (χ3v) is 5.29. The van der Waals surface area contributed by atoms with E-state index in [1.165, 1.54) is 12.5 Å². The zero-order valence-electron chi connectivity index (χ0n) is 9.20. The topological polar surface area (TPSA) is 24.1 Å². The normalized spacial score (nSPS) is 13.5. The molecule has 0 aliphatic rings. The molecule has 0 aromatic carbocycles. The molecule has 0 saturated carbocycles. The number of rotatable bonds is 6. The molecule has 0 saturated heterocycles. The van der Waals surface area contributed by atoms with Crippen molar-refractivity contribution in [2.45, 2.75) is 44.4 Å². The quantitative estimate of drug-likeness (QED) is 0.479. The van der Waals surface area contributed by atoms with Crippen molar-refractivity contribution < 1.29 is 0 Å². The molecule has 2 N–H and O–H groups in total. The lowest BCUT2D eigenvalue weighted by Gasteiger charge is -2.33. The summed E-state index contributed by atoms with van der Waals surface area (Å²) in [6, 6.07) is 1.45. The lowest BCUT2D eigenvalue weighted by molar-refractivity contribution is 0.391. The summed E-state index contributed by atoms with van der Waals surface area (Å²) in [7, 11) is 4.11. The van der Waals surface area contributed by atoms with E-state index >= 15 is 0 Å². The van der Waals surface area contributed by atoms with Gasteiger partial charge >= 0.3 is 0 Å². The van der Waals surface area contributed by atoms with Crippen LogP contribution >= 0.6 is 0 Å². The third kappa shape index (κ3) is 3.69. The van der Waals surface area contributed by atoms with Crippen LogP contribution in [0.1, 0.15) is 27.2 Å². The van der Waals surface area contributed by atoms with Crippen LogP contribution in [0, 0.1) is 0 Å². The van der Waals surface area contributed by atoms with Crippen LogP contribution in [0.25, 0.3) is 0 Å². The second-order valence-corrected chi connectivity index (χ2v) is 7.13. The Balaban J connectivity index is 3.96. The van der Waals surface area contributed by atoms with E-state index < -0.39 is 0 Å². The maximum Gasteiger partial charge on any atom is 0.0588 e. The zero-order chi connectivity index (χ0) is 9.61. The van der Waals surface area contributed by atoms with Crippen LogP contribution in [0.15, 0.2) is 0 Å². The molecule has 0 unspecified atom stereocenters. The van der Waals surface area contributed by atoms with Crippen molar-refractivity contribution in [3.63, 3.8) is 0 Å². The van der Waals surface area contributed by atoms with Gasteiger partial charge in [0, 0.05) is 9.52 Å². The summed E-state index contributed by atoms with van der Waals surface area (Å²) in [5.41, 5.74) is 0. The van der Waals surface area contributed by atoms with Crippen molar-refractivity contribution in [1.82, 2.24) is 10.6 Å². The van der Waals surface area contributed by atoms with Gasteiger partial charge < -0.3 is 10.6 Å². The lowest BCUT2D eigenvalue weighted by atomic mass is 10.1. The highest BCUT2D eigenvalue weighted by molar-refractivity contribution is 6.40. The Morgan fingerprint density at radius 2 is 1.75 bits per heavy atom. The fraction of sp³-hybridized carbons (Fsp3) is 1.00. The Morgan fingerprint density at radius 3 is 2.08 bits per heavy atom. The van der Waals surface area contributed by atoms with E-state index in [-0.39, 0.29) is 9.52 Å². The van der Waals surface area contributed by atoms with E-state index in [0.717, 1.165) is 0 Å². The Labute approximate surface area is 79.3 Å². The molecular formula is C9H24N2Si. The van der Waals surface area contributed by atoms with Crippen LogP contribution in [0.5, 0.6) is 0 Å². The van der Waals surface area contributed by atoms with Crippen LogP contribution in [0.4, 0.5) is 0 Å². The average molecular weight is 188 g/mol. The number of nitrogens with one attached hydrogen (secondary N) is 2. The van der Waals surface area contributed by atoms with Gasteiger partial charge in [-0.05, 0) is 19.1 Å². The molecule has 0 rings (SSSR count). The maximum atomic E-state index is 3.32. The molecule has 0 amide bonds. The van der Waals surface area contributed by atoms with Gasteiger partial charge in [-0.3, -0.25) is 0 Å². The molecule has 0 aliphatic heterocycles. The highest BCUT2D eigenvalue weighted by Gasteiger charge is 2.26. The van der Waals surface area contributed by atoms with Crippen molar-refractivity contribution in [1.29, 1.82) is 0 Å². The van der Waals surface area contributed by atoms with Crippen LogP contribution in [0.2, 0.25) is 11.1 Å². The van der Waals surface area contributed by atoms with Gasteiger partial charge in [0.05, 0.1) is 6.17 Å². The van der Waals surface area contributed by atoms with Crippen molar-refractivity contribution in [3.8, 4) is 0 Å². The van der Waals surface area contributed by atoms with E-state index in [1.54, 1.807) is 0 Å². The molecule has 0 aromatic heterocycles. The van der Waals surface area contributed by atoms with Gasteiger partial charge in [0.2, 0.25) is 0 Å². The minimum Gasteiger partial charge on any atom is -0.305 e. The summed E-state index contributed by atoms with van der Waals surface area (Å²) in [6.07, 6.45) is 1.83.